The van der Waals surface area contributed by atoms with Crippen molar-refractivity contribution >= 4 is 26.7 Å². The van der Waals surface area contributed by atoms with Crippen LogP contribution in [-0.2, 0) is 11.3 Å². The number of aromatic nitrogens is 4. The molecule has 24 heavy (non-hydrogen) atoms. The van der Waals surface area contributed by atoms with E-state index >= 15 is 0 Å². The van der Waals surface area contributed by atoms with Crippen molar-refractivity contribution in [3.63, 3.8) is 0 Å². The van der Waals surface area contributed by atoms with E-state index in [9.17, 15) is 0 Å². The van der Waals surface area contributed by atoms with Gasteiger partial charge in [0.1, 0.15) is 5.52 Å². The first-order valence-corrected chi connectivity index (χ1v) is 8.76. The van der Waals surface area contributed by atoms with Crippen molar-refractivity contribution in [2.24, 2.45) is 5.92 Å². The molecule has 0 aromatic carbocycles. The van der Waals surface area contributed by atoms with Crippen molar-refractivity contribution in [2.45, 2.75) is 19.4 Å². The highest BCUT2D eigenvalue weighted by Crippen LogP contribution is 2.37. The summed E-state index contributed by atoms with van der Waals surface area (Å²) in [4.78, 5) is 8.69. The van der Waals surface area contributed by atoms with Gasteiger partial charge in [0, 0.05) is 43.3 Å². The zero-order chi connectivity index (χ0) is 16.5. The van der Waals surface area contributed by atoms with Gasteiger partial charge in [0.15, 0.2) is 5.13 Å². The van der Waals surface area contributed by atoms with Crippen molar-refractivity contribution in [1.82, 2.24) is 19.7 Å². The lowest BCUT2D eigenvalue weighted by atomic mass is 10.0. The van der Waals surface area contributed by atoms with Gasteiger partial charge in [-0.15, -0.1) is 0 Å². The van der Waals surface area contributed by atoms with E-state index in [1.54, 1.807) is 13.3 Å². The summed E-state index contributed by atoms with van der Waals surface area (Å²) in [5.41, 5.74) is 8.59. The molecule has 0 unspecified atom stereocenters. The number of rotatable bonds is 4. The molecule has 0 amide bonds. The molecule has 0 radical (unpaired) electrons. The largest absolute Gasteiger partial charge is 0.479 e. The summed E-state index contributed by atoms with van der Waals surface area (Å²) in [6.07, 6.45) is 7.92. The Bertz CT molecular complexity index is 853. The predicted molar refractivity (Wildman–Crippen MR) is 93.1 cm³/mol. The van der Waals surface area contributed by atoms with Crippen molar-refractivity contribution in [3.8, 4) is 17.0 Å². The van der Waals surface area contributed by atoms with E-state index < -0.39 is 0 Å². The smallest absolute Gasteiger partial charge is 0.241 e. The first kappa shape index (κ1) is 15.3. The number of thiazole rings is 1. The van der Waals surface area contributed by atoms with Crippen LogP contribution in [0.3, 0.4) is 0 Å². The maximum atomic E-state index is 5.88. The molecule has 0 spiro atoms. The lowest BCUT2D eigenvalue weighted by Crippen LogP contribution is -2.20. The highest BCUT2D eigenvalue weighted by molar-refractivity contribution is 7.22. The van der Waals surface area contributed by atoms with Crippen LogP contribution in [0.4, 0.5) is 5.13 Å². The van der Waals surface area contributed by atoms with Crippen LogP contribution in [0.25, 0.3) is 21.3 Å². The van der Waals surface area contributed by atoms with Gasteiger partial charge < -0.3 is 15.2 Å². The van der Waals surface area contributed by atoms with Crippen LogP contribution in [-0.4, -0.2) is 40.1 Å². The zero-order valence-corrected chi connectivity index (χ0v) is 14.3. The Balaban J connectivity index is 1.65. The minimum Gasteiger partial charge on any atom is -0.479 e. The van der Waals surface area contributed by atoms with Crippen LogP contribution in [0.15, 0.2) is 18.6 Å². The second-order valence-electron chi connectivity index (χ2n) is 5.92. The number of methoxy groups -OCH3 is 1. The first-order chi connectivity index (χ1) is 11.7. The fourth-order valence-corrected chi connectivity index (χ4v) is 3.91. The molecule has 0 aliphatic carbocycles. The Morgan fingerprint density at radius 2 is 2.21 bits per heavy atom. The lowest BCUT2D eigenvalue weighted by molar-refractivity contribution is 0.0601. The number of nitrogen functional groups attached to an aromatic ring is 1. The molecule has 1 fully saturated rings. The van der Waals surface area contributed by atoms with Gasteiger partial charge in [0.05, 0.1) is 18.0 Å². The quantitative estimate of drug-likeness (QED) is 0.782. The van der Waals surface area contributed by atoms with Gasteiger partial charge >= 0.3 is 0 Å². The summed E-state index contributed by atoms with van der Waals surface area (Å²) in [6.45, 7) is 2.62. The molecule has 0 bridgehead atoms. The van der Waals surface area contributed by atoms with Crippen LogP contribution in [0, 0.1) is 5.92 Å². The van der Waals surface area contributed by atoms with Gasteiger partial charge in [-0.25, -0.2) is 9.97 Å². The number of nitrogens with zero attached hydrogens (tertiary/aromatic N) is 4. The fraction of sp³-hybridized carbons (Fsp3) is 0.438. The van der Waals surface area contributed by atoms with Crippen LogP contribution in [0.1, 0.15) is 12.8 Å². The molecule has 3 aromatic heterocycles. The molecule has 1 saturated heterocycles. The third kappa shape index (κ3) is 2.83. The highest BCUT2D eigenvalue weighted by Gasteiger charge is 2.18. The number of hydrogen-bond acceptors (Lipinski definition) is 7. The molecule has 7 nitrogen and oxygen atoms in total. The van der Waals surface area contributed by atoms with Gasteiger partial charge in [-0.1, -0.05) is 11.3 Å². The van der Waals surface area contributed by atoms with Crippen molar-refractivity contribution in [2.75, 3.05) is 26.1 Å². The number of anilines is 1. The molecular weight excluding hydrogens is 326 g/mol. The molecule has 0 saturated carbocycles. The summed E-state index contributed by atoms with van der Waals surface area (Å²) >= 11 is 1.44. The SMILES string of the molecule is COc1ncc(-c2cnn(CC3CCOCC3)c2)c2sc(N)nc12. The molecule has 1 aliphatic rings. The summed E-state index contributed by atoms with van der Waals surface area (Å²) < 4.78 is 13.7. The van der Waals surface area contributed by atoms with Crippen LogP contribution < -0.4 is 10.5 Å². The molecule has 0 atom stereocenters. The van der Waals surface area contributed by atoms with E-state index in [-0.39, 0.29) is 0 Å². The zero-order valence-electron chi connectivity index (χ0n) is 13.4. The number of ether oxygens (including phenoxy) is 2. The van der Waals surface area contributed by atoms with E-state index in [1.807, 2.05) is 10.9 Å². The monoisotopic (exact) mass is 345 g/mol. The maximum absolute atomic E-state index is 5.88. The summed E-state index contributed by atoms with van der Waals surface area (Å²) in [5.74, 6) is 1.12. The number of hydrogen-bond donors (Lipinski definition) is 1. The topological polar surface area (TPSA) is 88.1 Å². The van der Waals surface area contributed by atoms with Crippen LogP contribution in [0.2, 0.25) is 0 Å². The third-order valence-electron chi connectivity index (χ3n) is 4.33. The third-order valence-corrected chi connectivity index (χ3v) is 5.24. The Morgan fingerprint density at radius 3 is 3.00 bits per heavy atom. The minimum atomic E-state index is 0.497. The fourth-order valence-electron chi connectivity index (χ4n) is 3.06. The molecule has 2 N–H and O–H groups in total. The summed E-state index contributed by atoms with van der Waals surface area (Å²) in [6, 6.07) is 0. The summed E-state index contributed by atoms with van der Waals surface area (Å²) in [7, 11) is 1.59. The van der Waals surface area contributed by atoms with Gasteiger partial charge in [-0.2, -0.15) is 5.10 Å². The Kier molecular flexibility index (Phi) is 4.07. The van der Waals surface area contributed by atoms with E-state index in [2.05, 4.69) is 21.3 Å². The Hall–Kier alpha value is -2.19. The van der Waals surface area contributed by atoms with E-state index in [0.717, 1.165) is 48.4 Å². The molecular formula is C16H19N5O2S. The molecule has 4 heterocycles. The van der Waals surface area contributed by atoms with E-state index in [1.165, 1.54) is 11.3 Å². The van der Waals surface area contributed by atoms with E-state index in [4.69, 9.17) is 15.2 Å². The Morgan fingerprint density at radius 1 is 1.38 bits per heavy atom. The highest BCUT2D eigenvalue weighted by atomic mass is 32.1. The number of pyridine rings is 1. The van der Waals surface area contributed by atoms with Crippen LogP contribution in [0.5, 0.6) is 5.88 Å². The average molecular weight is 345 g/mol. The maximum Gasteiger partial charge on any atom is 0.241 e. The molecule has 8 heteroatoms. The normalized spacial score (nSPS) is 15.9. The molecule has 3 aromatic rings. The first-order valence-electron chi connectivity index (χ1n) is 7.94. The van der Waals surface area contributed by atoms with Crippen molar-refractivity contribution < 1.29 is 9.47 Å². The van der Waals surface area contributed by atoms with Gasteiger partial charge in [0.2, 0.25) is 5.88 Å². The molecule has 126 valence electrons. The predicted octanol–water partition coefficient (Wildman–Crippen LogP) is 2.57. The van der Waals surface area contributed by atoms with Crippen molar-refractivity contribution in [1.29, 1.82) is 0 Å². The average Bonchev–Trinajstić information content (AvgIpc) is 3.21. The minimum absolute atomic E-state index is 0.497. The van der Waals surface area contributed by atoms with Gasteiger partial charge in [-0.3, -0.25) is 4.68 Å². The Labute approximate surface area is 143 Å². The number of fused-ring (bicyclic) bond motifs is 1. The second kappa shape index (κ2) is 6.37. The molecule has 1 aliphatic heterocycles. The van der Waals surface area contributed by atoms with E-state index in [0.29, 0.717) is 22.4 Å². The van der Waals surface area contributed by atoms with Crippen LogP contribution >= 0.6 is 11.3 Å². The molecule has 4 rings (SSSR count). The summed E-state index contributed by atoms with van der Waals surface area (Å²) in [5, 5.41) is 5.02. The number of nitrogens with two attached hydrogens (primary N) is 1. The standard InChI is InChI=1S/C16H19N5O2S/c1-22-15-13-14(24-16(17)20-13)12(7-18-15)11-6-19-21(9-11)8-10-2-4-23-5-3-10/h6-7,9-10H,2-5,8H2,1H3,(H2,17,20). The lowest BCUT2D eigenvalue weighted by Gasteiger charge is -2.21. The second-order valence-corrected chi connectivity index (χ2v) is 6.95. The van der Waals surface area contributed by atoms with Crippen molar-refractivity contribution in [3.05, 3.63) is 18.6 Å². The van der Waals surface area contributed by atoms with Gasteiger partial charge in [0.25, 0.3) is 0 Å². The van der Waals surface area contributed by atoms with Gasteiger partial charge in [-0.05, 0) is 18.8 Å².